The lowest BCUT2D eigenvalue weighted by atomic mass is 9.99. The summed E-state index contributed by atoms with van der Waals surface area (Å²) in [5, 5.41) is 9.41. The topological polar surface area (TPSA) is 76.1 Å². The third-order valence-electron chi connectivity index (χ3n) is 2.98. The van der Waals surface area contributed by atoms with Crippen LogP contribution in [0, 0.1) is 0 Å². The maximum absolute atomic E-state index is 11.9. The largest absolute Gasteiger partial charge is 0.497 e. The summed E-state index contributed by atoms with van der Waals surface area (Å²) in [6, 6.07) is 6.75. The molecule has 0 heterocycles. The summed E-state index contributed by atoms with van der Waals surface area (Å²) in [6.07, 6.45) is -0.549. The zero-order valence-electron chi connectivity index (χ0n) is 13.6. The summed E-state index contributed by atoms with van der Waals surface area (Å²) in [4.78, 5) is 24.7. The maximum Gasteiger partial charge on any atom is 0.410 e. The van der Waals surface area contributed by atoms with Gasteiger partial charge in [0.15, 0.2) is 0 Å². The normalized spacial score (nSPS) is 12.4. The van der Waals surface area contributed by atoms with Gasteiger partial charge in [-0.15, -0.1) is 0 Å². The molecule has 122 valence electrons. The molecule has 22 heavy (non-hydrogen) atoms. The summed E-state index contributed by atoms with van der Waals surface area (Å²) in [5.41, 5.74) is -0.0202. The number of carboxylic acid groups (broad SMARTS) is 1. The van der Waals surface area contributed by atoms with Crippen molar-refractivity contribution in [1.29, 1.82) is 0 Å². The van der Waals surface area contributed by atoms with Gasteiger partial charge >= 0.3 is 12.1 Å². The molecule has 1 atom stereocenters. The van der Waals surface area contributed by atoms with Crippen molar-refractivity contribution in [2.45, 2.75) is 32.3 Å². The highest BCUT2D eigenvalue weighted by atomic mass is 16.6. The van der Waals surface area contributed by atoms with Gasteiger partial charge in [0.05, 0.1) is 13.0 Å². The molecule has 0 bridgehead atoms. The summed E-state index contributed by atoms with van der Waals surface area (Å²) in [7, 11) is 3.06. The highest BCUT2D eigenvalue weighted by molar-refractivity contribution is 5.77. The Morgan fingerprint density at radius 1 is 1.23 bits per heavy atom. The van der Waals surface area contributed by atoms with Gasteiger partial charge in [-0.05, 0) is 38.5 Å². The number of nitrogens with zero attached hydrogens (tertiary/aromatic N) is 1. The summed E-state index contributed by atoms with van der Waals surface area (Å²) >= 11 is 0. The Kier molecular flexibility index (Phi) is 5.79. The molecule has 0 saturated heterocycles. The fourth-order valence-electron chi connectivity index (χ4n) is 1.85. The van der Waals surface area contributed by atoms with Gasteiger partial charge in [-0.1, -0.05) is 12.1 Å². The van der Waals surface area contributed by atoms with Crippen LogP contribution < -0.4 is 4.74 Å². The Morgan fingerprint density at radius 3 is 2.18 bits per heavy atom. The van der Waals surface area contributed by atoms with Crippen LogP contribution in [0.4, 0.5) is 4.79 Å². The van der Waals surface area contributed by atoms with Crippen molar-refractivity contribution in [2.75, 3.05) is 20.7 Å². The number of benzene rings is 1. The molecule has 0 aliphatic heterocycles. The molecule has 6 heteroatoms. The molecule has 0 fully saturated rings. The van der Waals surface area contributed by atoms with E-state index in [-0.39, 0.29) is 6.54 Å². The van der Waals surface area contributed by atoms with Gasteiger partial charge < -0.3 is 19.5 Å². The van der Waals surface area contributed by atoms with Crippen molar-refractivity contribution in [3.63, 3.8) is 0 Å². The Bertz CT molecular complexity index is 518. The second-order valence-electron chi connectivity index (χ2n) is 6.02. The number of methoxy groups -OCH3 is 1. The molecule has 0 saturated carbocycles. The number of hydrogen-bond donors (Lipinski definition) is 1. The zero-order valence-corrected chi connectivity index (χ0v) is 13.6. The van der Waals surface area contributed by atoms with Crippen molar-refractivity contribution in [2.24, 2.45) is 0 Å². The molecule has 1 N–H and O–H groups in total. The quantitative estimate of drug-likeness (QED) is 0.905. The fraction of sp³-hybridized carbons (Fsp3) is 0.500. The smallest absolute Gasteiger partial charge is 0.410 e. The first-order valence-corrected chi connectivity index (χ1v) is 6.95. The van der Waals surface area contributed by atoms with Gasteiger partial charge in [0.2, 0.25) is 0 Å². The van der Waals surface area contributed by atoms with Crippen LogP contribution in [0.5, 0.6) is 5.75 Å². The van der Waals surface area contributed by atoms with Gasteiger partial charge in [0, 0.05) is 13.6 Å². The number of amides is 1. The minimum Gasteiger partial charge on any atom is -0.497 e. The van der Waals surface area contributed by atoms with Crippen molar-refractivity contribution in [3.05, 3.63) is 29.8 Å². The summed E-state index contributed by atoms with van der Waals surface area (Å²) < 4.78 is 10.3. The van der Waals surface area contributed by atoms with E-state index >= 15 is 0 Å². The molecule has 1 aromatic rings. The van der Waals surface area contributed by atoms with Crippen LogP contribution in [-0.4, -0.2) is 48.4 Å². The molecular formula is C16H23NO5. The van der Waals surface area contributed by atoms with Crippen LogP contribution in [-0.2, 0) is 9.53 Å². The average molecular weight is 309 g/mol. The third kappa shape index (κ3) is 5.27. The molecule has 1 unspecified atom stereocenters. The van der Waals surface area contributed by atoms with E-state index in [1.54, 1.807) is 52.1 Å². The molecule has 1 amide bonds. The van der Waals surface area contributed by atoms with Gasteiger partial charge in [0.1, 0.15) is 11.4 Å². The van der Waals surface area contributed by atoms with Crippen molar-refractivity contribution >= 4 is 12.1 Å². The summed E-state index contributed by atoms with van der Waals surface area (Å²) in [6.45, 7) is 5.31. The lowest BCUT2D eigenvalue weighted by molar-refractivity contribution is -0.139. The van der Waals surface area contributed by atoms with Crippen molar-refractivity contribution in [1.82, 2.24) is 4.90 Å². The van der Waals surface area contributed by atoms with E-state index in [4.69, 9.17) is 9.47 Å². The number of carboxylic acids is 1. The predicted octanol–water partition coefficient (Wildman–Crippen LogP) is 2.73. The molecule has 0 aromatic heterocycles. The van der Waals surface area contributed by atoms with E-state index in [2.05, 4.69) is 0 Å². The molecule has 0 spiro atoms. The highest BCUT2D eigenvalue weighted by Crippen LogP contribution is 2.21. The number of carbonyl (C=O) groups excluding carboxylic acids is 1. The van der Waals surface area contributed by atoms with Crippen molar-refractivity contribution < 1.29 is 24.2 Å². The maximum atomic E-state index is 11.9. The van der Waals surface area contributed by atoms with Crippen molar-refractivity contribution in [3.8, 4) is 5.75 Å². The first-order chi connectivity index (χ1) is 10.1. The van der Waals surface area contributed by atoms with E-state index in [1.807, 2.05) is 0 Å². The number of hydrogen-bond acceptors (Lipinski definition) is 4. The zero-order chi connectivity index (χ0) is 16.9. The predicted molar refractivity (Wildman–Crippen MR) is 82.2 cm³/mol. The standard InChI is InChI=1S/C16H23NO5/c1-16(2,3)22-15(20)17(4)10-13(14(18)19)11-6-8-12(21-5)9-7-11/h6-9,13H,10H2,1-5H3,(H,18,19). The number of rotatable bonds is 5. The van der Waals surface area contributed by atoms with Crippen LogP contribution in [0.3, 0.4) is 0 Å². The fourth-order valence-corrected chi connectivity index (χ4v) is 1.85. The van der Waals surface area contributed by atoms with Crippen LogP contribution in [0.1, 0.15) is 32.3 Å². The van der Waals surface area contributed by atoms with E-state index in [0.29, 0.717) is 11.3 Å². The third-order valence-corrected chi connectivity index (χ3v) is 2.98. The molecule has 0 aliphatic rings. The Balaban J connectivity index is 2.83. The van der Waals surface area contributed by atoms with Crippen LogP contribution in [0.15, 0.2) is 24.3 Å². The van der Waals surface area contributed by atoms with Crippen LogP contribution in [0.25, 0.3) is 0 Å². The van der Waals surface area contributed by atoms with E-state index in [0.717, 1.165) is 0 Å². The second kappa shape index (κ2) is 7.15. The van der Waals surface area contributed by atoms with Gasteiger partial charge in [-0.25, -0.2) is 4.79 Å². The number of carbonyl (C=O) groups is 2. The second-order valence-corrected chi connectivity index (χ2v) is 6.02. The average Bonchev–Trinajstić information content (AvgIpc) is 2.42. The molecular weight excluding hydrogens is 286 g/mol. The lowest BCUT2D eigenvalue weighted by Gasteiger charge is -2.26. The van der Waals surface area contributed by atoms with Gasteiger partial charge in [-0.3, -0.25) is 4.79 Å². The molecule has 0 radical (unpaired) electrons. The number of ether oxygens (including phenoxy) is 2. The molecule has 6 nitrogen and oxygen atoms in total. The van der Waals surface area contributed by atoms with Crippen LogP contribution in [0.2, 0.25) is 0 Å². The molecule has 1 aromatic carbocycles. The monoisotopic (exact) mass is 309 g/mol. The Labute approximate surface area is 130 Å². The van der Waals surface area contributed by atoms with E-state index in [9.17, 15) is 14.7 Å². The van der Waals surface area contributed by atoms with Crippen LogP contribution >= 0.6 is 0 Å². The summed E-state index contributed by atoms with van der Waals surface area (Å²) in [5.74, 6) is -1.18. The minimum atomic E-state index is -0.999. The SMILES string of the molecule is COc1ccc(C(CN(C)C(=O)OC(C)(C)C)C(=O)O)cc1. The first kappa shape index (κ1) is 17.8. The molecule has 0 aliphatic carbocycles. The first-order valence-electron chi connectivity index (χ1n) is 6.95. The number of likely N-dealkylation sites (N-methyl/N-ethyl adjacent to an activating group) is 1. The highest BCUT2D eigenvalue weighted by Gasteiger charge is 2.26. The van der Waals surface area contributed by atoms with Gasteiger partial charge in [0.25, 0.3) is 0 Å². The van der Waals surface area contributed by atoms with E-state index in [1.165, 1.54) is 11.9 Å². The minimum absolute atomic E-state index is 0.0244. The molecule has 1 rings (SSSR count). The lowest BCUT2D eigenvalue weighted by Crippen LogP contribution is -2.38. The van der Waals surface area contributed by atoms with Gasteiger partial charge in [-0.2, -0.15) is 0 Å². The van der Waals surface area contributed by atoms with E-state index < -0.39 is 23.6 Å². The Hall–Kier alpha value is -2.24. The Morgan fingerprint density at radius 2 is 1.77 bits per heavy atom. The number of aliphatic carboxylic acids is 1.